The molecule has 2 aromatic carbocycles. The zero-order valence-electron chi connectivity index (χ0n) is 16.4. The smallest absolute Gasteiger partial charge is 0.375 e. The molecule has 0 spiro atoms. The molecular weight excluding hydrogens is 424 g/mol. The number of esters is 1. The van der Waals surface area contributed by atoms with Gasteiger partial charge in [0.2, 0.25) is 5.78 Å². The number of amides is 1. The summed E-state index contributed by atoms with van der Waals surface area (Å²) in [5, 5.41) is 12.9. The van der Waals surface area contributed by atoms with Gasteiger partial charge in [0.05, 0.1) is 23.1 Å². The molecule has 0 bridgehead atoms. The highest BCUT2D eigenvalue weighted by atomic mass is 16.6. The molecule has 32 heavy (non-hydrogen) atoms. The van der Waals surface area contributed by atoms with Gasteiger partial charge in [-0.05, 0) is 24.3 Å². The van der Waals surface area contributed by atoms with E-state index < -0.39 is 45.5 Å². The van der Waals surface area contributed by atoms with Crippen LogP contribution in [0, 0.1) is 10.1 Å². The SMILES string of the molecule is COC(=O)C(=O)C(C(=O)C(=O)Nc1ccc([N+](=O)[O-])cc1)c1nc2ccccc2[nH]c1=O. The highest BCUT2D eigenvalue weighted by Crippen LogP contribution is 2.19. The number of Topliss-reactive ketones (excluding diaryl/α,β-unsaturated/α-hetero) is 2. The highest BCUT2D eigenvalue weighted by molar-refractivity contribution is 6.52. The number of rotatable bonds is 7. The number of hydrogen-bond acceptors (Lipinski definition) is 9. The number of nitro groups is 1. The molecule has 1 amide bonds. The second-order valence-electron chi connectivity index (χ2n) is 6.38. The molecule has 1 atom stereocenters. The number of aromatic nitrogens is 2. The Bertz CT molecular complexity index is 1310. The molecule has 162 valence electrons. The molecule has 1 aromatic heterocycles. The number of carbonyl (C=O) groups excluding carboxylic acids is 4. The summed E-state index contributed by atoms with van der Waals surface area (Å²) in [5.74, 6) is -7.83. The third kappa shape index (κ3) is 4.38. The Labute approximate surface area is 178 Å². The van der Waals surface area contributed by atoms with Gasteiger partial charge in [0.1, 0.15) is 11.6 Å². The van der Waals surface area contributed by atoms with Crippen molar-refractivity contribution in [1.29, 1.82) is 0 Å². The molecule has 0 saturated carbocycles. The van der Waals surface area contributed by atoms with Crippen molar-refractivity contribution in [2.75, 3.05) is 12.4 Å². The molecule has 0 aliphatic carbocycles. The number of nitro benzene ring substituents is 1. The maximum Gasteiger partial charge on any atom is 0.375 e. The lowest BCUT2D eigenvalue weighted by atomic mass is 9.94. The molecule has 0 aliphatic rings. The summed E-state index contributed by atoms with van der Waals surface area (Å²) in [6.45, 7) is 0. The summed E-state index contributed by atoms with van der Waals surface area (Å²) >= 11 is 0. The van der Waals surface area contributed by atoms with Crippen LogP contribution in [-0.4, -0.2) is 45.4 Å². The van der Waals surface area contributed by atoms with E-state index in [9.17, 15) is 34.1 Å². The molecule has 1 unspecified atom stereocenters. The molecule has 0 fully saturated rings. The number of fused-ring (bicyclic) bond motifs is 1. The second-order valence-corrected chi connectivity index (χ2v) is 6.38. The molecule has 3 aromatic rings. The first-order chi connectivity index (χ1) is 15.2. The normalized spacial score (nSPS) is 11.4. The maximum absolute atomic E-state index is 12.8. The van der Waals surface area contributed by atoms with Gasteiger partial charge in [0.15, 0.2) is 0 Å². The first-order valence-electron chi connectivity index (χ1n) is 8.93. The summed E-state index contributed by atoms with van der Waals surface area (Å²) in [5.41, 5.74) is -1.30. The number of hydrogen-bond donors (Lipinski definition) is 2. The Kier molecular flexibility index (Phi) is 6.14. The van der Waals surface area contributed by atoms with Crippen molar-refractivity contribution in [2.24, 2.45) is 0 Å². The fourth-order valence-electron chi connectivity index (χ4n) is 2.82. The summed E-state index contributed by atoms with van der Waals surface area (Å²) < 4.78 is 4.35. The predicted molar refractivity (Wildman–Crippen MR) is 109 cm³/mol. The number of nitrogens with zero attached hydrogens (tertiary/aromatic N) is 2. The summed E-state index contributed by atoms with van der Waals surface area (Å²) in [4.78, 5) is 78.7. The number of methoxy groups -OCH3 is 1. The van der Waals surface area contributed by atoms with E-state index in [1.807, 2.05) is 0 Å². The van der Waals surface area contributed by atoms with Gasteiger partial charge in [-0.3, -0.25) is 29.3 Å². The van der Waals surface area contributed by atoms with Crippen molar-refractivity contribution in [2.45, 2.75) is 5.92 Å². The Morgan fingerprint density at radius 3 is 2.34 bits per heavy atom. The van der Waals surface area contributed by atoms with Gasteiger partial charge in [-0.15, -0.1) is 0 Å². The zero-order chi connectivity index (χ0) is 23.4. The number of benzene rings is 2. The van der Waals surface area contributed by atoms with Crippen molar-refractivity contribution < 1.29 is 28.8 Å². The molecule has 3 rings (SSSR count). The van der Waals surface area contributed by atoms with E-state index in [1.54, 1.807) is 12.1 Å². The fraction of sp³-hybridized carbons (Fsp3) is 0.100. The third-order valence-electron chi connectivity index (χ3n) is 4.37. The molecule has 0 radical (unpaired) electrons. The Morgan fingerprint density at radius 1 is 1.06 bits per heavy atom. The zero-order valence-corrected chi connectivity index (χ0v) is 16.4. The number of nitrogens with one attached hydrogen (secondary N) is 2. The summed E-state index contributed by atoms with van der Waals surface area (Å²) in [7, 11) is 0.900. The maximum atomic E-state index is 12.8. The number of H-pyrrole nitrogens is 1. The van der Waals surface area contributed by atoms with E-state index in [4.69, 9.17) is 0 Å². The number of ketones is 2. The lowest BCUT2D eigenvalue weighted by Gasteiger charge is -2.13. The fourth-order valence-corrected chi connectivity index (χ4v) is 2.82. The molecule has 12 heteroatoms. The van der Waals surface area contributed by atoms with Crippen molar-refractivity contribution in [3.8, 4) is 0 Å². The van der Waals surface area contributed by atoms with Gasteiger partial charge in [-0.25, -0.2) is 9.78 Å². The van der Waals surface area contributed by atoms with Gasteiger partial charge in [0, 0.05) is 17.8 Å². The number of ether oxygens (including phenoxy) is 1. The molecule has 0 aliphatic heterocycles. The Morgan fingerprint density at radius 2 is 1.72 bits per heavy atom. The van der Waals surface area contributed by atoms with E-state index in [2.05, 4.69) is 20.0 Å². The van der Waals surface area contributed by atoms with Crippen LogP contribution in [0.5, 0.6) is 0 Å². The van der Waals surface area contributed by atoms with Crippen molar-refractivity contribution in [3.05, 3.63) is 74.7 Å². The van der Waals surface area contributed by atoms with Crippen LogP contribution in [0.3, 0.4) is 0 Å². The highest BCUT2D eigenvalue weighted by Gasteiger charge is 2.40. The van der Waals surface area contributed by atoms with Crippen LogP contribution in [0.15, 0.2) is 53.3 Å². The predicted octanol–water partition coefficient (Wildman–Crippen LogP) is 0.865. The Hall–Kier alpha value is -4.74. The van der Waals surface area contributed by atoms with Crippen LogP contribution in [0.1, 0.15) is 11.6 Å². The minimum Gasteiger partial charge on any atom is -0.463 e. The largest absolute Gasteiger partial charge is 0.463 e. The van der Waals surface area contributed by atoms with Crippen LogP contribution < -0.4 is 10.9 Å². The first-order valence-corrected chi connectivity index (χ1v) is 8.93. The van der Waals surface area contributed by atoms with E-state index in [1.165, 1.54) is 24.3 Å². The number of non-ortho nitro benzene ring substituents is 1. The van der Waals surface area contributed by atoms with Crippen LogP contribution in [0.2, 0.25) is 0 Å². The molecular formula is C20H14N4O8. The minimum atomic E-state index is -2.16. The van der Waals surface area contributed by atoms with Gasteiger partial charge >= 0.3 is 5.97 Å². The van der Waals surface area contributed by atoms with Crippen LogP contribution in [0.4, 0.5) is 11.4 Å². The Balaban J connectivity index is 1.99. The average Bonchev–Trinajstić information content (AvgIpc) is 2.79. The second kappa shape index (κ2) is 8.95. The lowest BCUT2D eigenvalue weighted by Crippen LogP contribution is -2.39. The number of carbonyl (C=O) groups is 4. The monoisotopic (exact) mass is 438 g/mol. The summed E-state index contributed by atoms with van der Waals surface area (Å²) in [6.07, 6.45) is 0. The van der Waals surface area contributed by atoms with Crippen LogP contribution >= 0.6 is 0 Å². The molecule has 0 saturated heterocycles. The first kappa shape index (κ1) is 22.0. The van der Waals surface area contributed by atoms with Crippen LogP contribution in [-0.2, 0) is 23.9 Å². The van der Waals surface area contributed by atoms with Gasteiger partial charge in [0.25, 0.3) is 22.9 Å². The van der Waals surface area contributed by atoms with Crippen molar-refractivity contribution in [3.63, 3.8) is 0 Å². The number of anilines is 1. The molecule has 2 N–H and O–H groups in total. The van der Waals surface area contributed by atoms with Crippen molar-refractivity contribution in [1.82, 2.24) is 9.97 Å². The third-order valence-corrected chi connectivity index (χ3v) is 4.37. The molecule has 12 nitrogen and oxygen atoms in total. The van der Waals surface area contributed by atoms with E-state index in [-0.39, 0.29) is 16.9 Å². The van der Waals surface area contributed by atoms with Gasteiger partial charge < -0.3 is 15.0 Å². The van der Waals surface area contributed by atoms with E-state index >= 15 is 0 Å². The quantitative estimate of drug-likeness (QED) is 0.178. The molecule has 1 heterocycles. The average molecular weight is 438 g/mol. The number of para-hydroxylation sites is 2. The van der Waals surface area contributed by atoms with Crippen LogP contribution in [0.25, 0.3) is 11.0 Å². The van der Waals surface area contributed by atoms with E-state index in [0.29, 0.717) is 5.52 Å². The minimum absolute atomic E-state index is 0.0126. The topological polar surface area (TPSA) is 178 Å². The van der Waals surface area contributed by atoms with E-state index in [0.717, 1.165) is 19.2 Å². The van der Waals surface area contributed by atoms with Crippen molar-refractivity contribution >= 4 is 45.9 Å². The summed E-state index contributed by atoms with van der Waals surface area (Å²) in [6, 6.07) is 10.8. The van der Waals surface area contributed by atoms with Gasteiger partial charge in [-0.1, -0.05) is 12.1 Å². The van der Waals surface area contributed by atoms with Gasteiger partial charge in [-0.2, -0.15) is 0 Å². The lowest BCUT2D eigenvalue weighted by molar-refractivity contribution is -0.384. The number of aromatic amines is 1. The standard InChI is InChI=1S/C20H14N4O8/c1-32-20(29)17(26)14(15-18(27)23-13-5-3-2-4-12(13)22-15)16(25)19(28)21-10-6-8-11(9-7-10)24(30)31/h2-9,14H,1H3,(H,21,28)(H,23,27).